The Morgan fingerprint density at radius 1 is 1.31 bits per heavy atom. The Balaban J connectivity index is 2.62. The lowest BCUT2D eigenvalue weighted by Crippen LogP contribution is -2.38. The first-order valence-corrected chi connectivity index (χ1v) is 5.28. The van der Waals surface area contributed by atoms with Gasteiger partial charge in [-0.1, -0.05) is 6.07 Å². The summed E-state index contributed by atoms with van der Waals surface area (Å²) in [5.41, 5.74) is 2.97. The Morgan fingerprint density at radius 3 is 2.38 bits per heavy atom. The highest BCUT2D eigenvalue weighted by atomic mass is 16.3. The van der Waals surface area contributed by atoms with Crippen molar-refractivity contribution < 1.29 is 9.90 Å². The van der Waals surface area contributed by atoms with E-state index in [4.69, 9.17) is 5.11 Å². The zero-order valence-corrected chi connectivity index (χ0v) is 9.87. The standard InChI is InChI=1S/C12H18N2O2/c1-8-4-9(2)6-11(5-8)14-12(16)13-10(3)7-15/h4-6,10,15H,7H2,1-3H3,(H2,13,14,16). The van der Waals surface area contributed by atoms with Crippen LogP contribution in [0.3, 0.4) is 0 Å². The van der Waals surface area contributed by atoms with Gasteiger partial charge in [0.2, 0.25) is 0 Å². The highest BCUT2D eigenvalue weighted by Crippen LogP contribution is 2.13. The molecule has 16 heavy (non-hydrogen) atoms. The quantitative estimate of drug-likeness (QED) is 0.730. The van der Waals surface area contributed by atoms with E-state index in [-0.39, 0.29) is 18.7 Å². The summed E-state index contributed by atoms with van der Waals surface area (Å²) < 4.78 is 0. The largest absolute Gasteiger partial charge is 0.394 e. The van der Waals surface area contributed by atoms with Crippen LogP contribution in [-0.2, 0) is 0 Å². The predicted octanol–water partition coefficient (Wildman–Crippen LogP) is 1.81. The van der Waals surface area contributed by atoms with Gasteiger partial charge in [0.05, 0.1) is 12.6 Å². The first-order chi connectivity index (χ1) is 7.51. The van der Waals surface area contributed by atoms with E-state index < -0.39 is 0 Å². The Labute approximate surface area is 95.7 Å². The number of hydrogen-bond acceptors (Lipinski definition) is 2. The fraction of sp³-hybridized carbons (Fsp3) is 0.417. The smallest absolute Gasteiger partial charge is 0.319 e. The molecule has 0 aliphatic carbocycles. The molecule has 1 atom stereocenters. The zero-order chi connectivity index (χ0) is 12.1. The molecule has 0 radical (unpaired) electrons. The summed E-state index contributed by atoms with van der Waals surface area (Å²) in [6.07, 6.45) is 0. The molecule has 1 unspecified atom stereocenters. The van der Waals surface area contributed by atoms with Gasteiger partial charge in [-0.15, -0.1) is 0 Å². The molecule has 0 heterocycles. The van der Waals surface area contributed by atoms with E-state index in [1.165, 1.54) is 0 Å². The number of urea groups is 1. The normalized spacial score (nSPS) is 12.0. The van der Waals surface area contributed by atoms with Gasteiger partial charge in [0, 0.05) is 5.69 Å². The molecule has 0 saturated heterocycles. The number of anilines is 1. The summed E-state index contributed by atoms with van der Waals surface area (Å²) in [4.78, 5) is 11.5. The molecule has 0 aromatic heterocycles. The second-order valence-electron chi connectivity index (χ2n) is 4.06. The van der Waals surface area contributed by atoms with Crippen LogP contribution in [0.25, 0.3) is 0 Å². The van der Waals surface area contributed by atoms with E-state index in [1.807, 2.05) is 32.0 Å². The molecular formula is C12H18N2O2. The summed E-state index contributed by atoms with van der Waals surface area (Å²) in [6.45, 7) is 5.63. The predicted molar refractivity (Wildman–Crippen MR) is 64.6 cm³/mol. The third-order valence-corrected chi connectivity index (χ3v) is 2.13. The number of amides is 2. The van der Waals surface area contributed by atoms with Gasteiger partial charge in [0.15, 0.2) is 0 Å². The molecule has 0 aliphatic rings. The van der Waals surface area contributed by atoms with Crippen LogP contribution in [0, 0.1) is 13.8 Å². The summed E-state index contributed by atoms with van der Waals surface area (Å²) in [7, 11) is 0. The third kappa shape index (κ3) is 3.90. The summed E-state index contributed by atoms with van der Waals surface area (Å²) in [5, 5.41) is 14.1. The van der Waals surface area contributed by atoms with Crippen molar-refractivity contribution >= 4 is 11.7 Å². The van der Waals surface area contributed by atoms with Crippen molar-refractivity contribution in [3.05, 3.63) is 29.3 Å². The average Bonchev–Trinajstić information content (AvgIpc) is 2.15. The highest BCUT2D eigenvalue weighted by molar-refractivity contribution is 5.89. The van der Waals surface area contributed by atoms with Gasteiger partial charge in [-0.25, -0.2) is 4.79 Å². The third-order valence-electron chi connectivity index (χ3n) is 2.13. The van der Waals surface area contributed by atoms with Crippen LogP contribution in [0.15, 0.2) is 18.2 Å². The van der Waals surface area contributed by atoms with Crippen LogP contribution in [0.2, 0.25) is 0 Å². The number of benzene rings is 1. The molecule has 88 valence electrons. The van der Waals surface area contributed by atoms with Gasteiger partial charge in [0.1, 0.15) is 0 Å². The Morgan fingerprint density at radius 2 is 1.88 bits per heavy atom. The summed E-state index contributed by atoms with van der Waals surface area (Å²) >= 11 is 0. The lowest BCUT2D eigenvalue weighted by molar-refractivity contribution is 0.229. The number of hydrogen-bond donors (Lipinski definition) is 3. The maximum atomic E-state index is 11.5. The number of rotatable bonds is 3. The number of aliphatic hydroxyl groups excluding tert-OH is 1. The maximum absolute atomic E-state index is 11.5. The molecule has 1 aromatic carbocycles. The average molecular weight is 222 g/mol. The maximum Gasteiger partial charge on any atom is 0.319 e. The minimum Gasteiger partial charge on any atom is -0.394 e. The molecule has 4 nitrogen and oxygen atoms in total. The Bertz CT molecular complexity index is 357. The van der Waals surface area contributed by atoms with Gasteiger partial charge in [-0.05, 0) is 44.0 Å². The molecule has 4 heteroatoms. The molecule has 1 aromatic rings. The van der Waals surface area contributed by atoms with Crippen LogP contribution >= 0.6 is 0 Å². The van der Waals surface area contributed by atoms with Crippen molar-refractivity contribution in [3.63, 3.8) is 0 Å². The molecule has 0 aliphatic heterocycles. The number of carbonyl (C=O) groups is 1. The number of carbonyl (C=O) groups excluding carboxylic acids is 1. The van der Waals surface area contributed by atoms with Gasteiger partial charge < -0.3 is 15.7 Å². The van der Waals surface area contributed by atoms with E-state index in [9.17, 15) is 4.79 Å². The van der Waals surface area contributed by atoms with Crippen LogP contribution in [-0.4, -0.2) is 23.8 Å². The topological polar surface area (TPSA) is 61.4 Å². The van der Waals surface area contributed by atoms with Crippen LogP contribution in [0.5, 0.6) is 0 Å². The second-order valence-corrected chi connectivity index (χ2v) is 4.06. The van der Waals surface area contributed by atoms with E-state index in [1.54, 1.807) is 6.92 Å². The fourth-order valence-corrected chi connectivity index (χ4v) is 1.48. The zero-order valence-electron chi connectivity index (χ0n) is 9.87. The van der Waals surface area contributed by atoms with Crippen LogP contribution < -0.4 is 10.6 Å². The molecule has 0 spiro atoms. The molecule has 0 bridgehead atoms. The van der Waals surface area contributed by atoms with Crippen molar-refractivity contribution in [2.75, 3.05) is 11.9 Å². The van der Waals surface area contributed by atoms with Crippen LogP contribution in [0.1, 0.15) is 18.1 Å². The summed E-state index contributed by atoms with van der Waals surface area (Å²) in [5.74, 6) is 0. The second kappa shape index (κ2) is 5.51. The molecule has 1 rings (SSSR count). The van der Waals surface area contributed by atoms with Crippen molar-refractivity contribution in [1.82, 2.24) is 5.32 Å². The monoisotopic (exact) mass is 222 g/mol. The molecule has 3 N–H and O–H groups in total. The van der Waals surface area contributed by atoms with Crippen molar-refractivity contribution in [2.24, 2.45) is 0 Å². The van der Waals surface area contributed by atoms with E-state index >= 15 is 0 Å². The van der Waals surface area contributed by atoms with Crippen LogP contribution in [0.4, 0.5) is 10.5 Å². The van der Waals surface area contributed by atoms with Gasteiger partial charge >= 0.3 is 6.03 Å². The molecule has 0 fully saturated rings. The number of aliphatic hydroxyl groups is 1. The van der Waals surface area contributed by atoms with Gasteiger partial charge in [0.25, 0.3) is 0 Å². The SMILES string of the molecule is Cc1cc(C)cc(NC(=O)NC(C)CO)c1. The van der Waals surface area contributed by atoms with Crippen molar-refractivity contribution in [2.45, 2.75) is 26.8 Å². The van der Waals surface area contributed by atoms with Gasteiger partial charge in [-0.2, -0.15) is 0 Å². The first kappa shape index (κ1) is 12.5. The van der Waals surface area contributed by atoms with E-state index in [0.717, 1.165) is 16.8 Å². The number of nitrogens with one attached hydrogen (secondary N) is 2. The number of aryl methyl sites for hydroxylation is 2. The van der Waals surface area contributed by atoms with E-state index in [0.29, 0.717) is 0 Å². The highest BCUT2D eigenvalue weighted by Gasteiger charge is 2.06. The van der Waals surface area contributed by atoms with Crippen molar-refractivity contribution in [3.8, 4) is 0 Å². The first-order valence-electron chi connectivity index (χ1n) is 5.28. The molecule has 2 amide bonds. The Hall–Kier alpha value is -1.55. The Kier molecular flexibility index (Phi) is 4.31. The minimum atomic E-state index is -0.299. The lowest BCUT2D eigenvalue weighted by atomic mass is 10.1. The molecule has 0 saturated carbocycles. The van der Waals surface area contributed by atoms with Gasteiger partial charge in [-0.3, -0.25) is 0 Å². The van der Waals surface area contributed by atoms with Crippen molar-refractivity contribution in [1.29, 1.82) is 0 Å². The van der Waals surface area contributed by atoms with E-state index in [2.05, 4.69) is 10.6 Å². The molecular weight excluding hydrogens is 204 g/mol. The minimum absolute atomic E-state index is 0.0692. The lowest BCUT2D eigenvalue weighted by Gasteiger charge is -2.12. The summed E-state index contributed by atoms with van der Waals surface area (Å²) in [6, 6.07) is 5.30. The fourth-order valence-electron chi connectivity index (χ4n) is 1.48.